The van der Waals surface area contributed by atoms with E-state index in [1.807, 2.05) is 12.2 Å². The van der Waals surface area contributed by atoms with Crippen molar-refractivity contribution in [2.24, 2.45) is 5.92 Å². The minimum Gasteiger partial charge on any atom is -0.462 e. The molecule has 0 heterocycles. The number of carbonyl (C=O) groups excluding carboxylic acids is 2. The summed E-state index contributed by atoms with van der Waals surface area (Å²) < 4.78 is 32.6. The third-order valence-corrected chi connectivity index (χ3v) is 11.4. The van der Waals surface area contributed by atoms with Gasteiger partial charge in [0.25, 0.3) is 0 Å². The third-order valence-electron chi connectivity index (χ3n) is 10.4. The fourth-order valence-electron chi connectivity index (χ4n) is 6.39. The monoisotopic (exact) mass is 859 g/mol. The molecule has 5 atom stereocenters. The second-order valence-electron chi connectivity index (χ2n) is 16.2. The third kappa shape index (κ3) is 41.3. The summed E-state index contributed by atoms with van der Waals surface area (Å²) in [6, 6.07) is 0. The Balaban J connectivity index is 4.41. The van der Waals surface area contributed by atoms with Gasteiger partial charge in [-0.15, -0.1) is 0 Å². The largest absolute Gasteiger partial charge is 0.472 e. The van der Waals surface area contributed by atoms with Gasteiger partial charge in [-0.05, 0) is 44.4 Å². The number of rotatable bonds is 43. The van der Waals surface area contributed by atoms with Gasteiger partial charge in [0, 0.05) is 12.8 Å². The van der Waals surface area contributed by atoms with Crippen molar-refractivity contribution in [3.05, 3.63) is 36.5 Å². The maximum Gasteiger partial charge on any atom is 0.472 e. The highest BCUT2D eigenvalue weighted by Crippen LogP contribution is 2.43. The van der Waals surface area contributed by atoms with Crippen molar-refractivity contribution in [3.63, 3.8) is 0 Å². The van der Waals surface area contributed by atoms with Crippen LogP contribution in [-0.4, -0.2) is 76.9 Å². The molecule has 346 valence electrons. The van der Waals surface area contributed by atoms with Crippen LogP contribution in [0.2, 0.25) is 0 Å². The summed E-state index contributed by atoms with van der Waals surface area (Å²) in [4.78, 5) is 35.1. The van der Waals surface area contributed by atoms with Gasteiger partial charge in [-0.1, -0.05) is 186 Å². The van der Waals surface area contributed by atoms with E-state index in [1.54, 1.807) is 12.2 Å². The van der Waals surface area contributed by atoms with E-state index in [4.69, 9.17) is 19.1 Å². The van der Waals surface area contributed by atoms with E-state index in [0.717, 1.165) is 38.0 Å². The topological polar surface area (TPSA) is 169 Å². The summed E-state index contributed by atoms with van der Waals surface area (Å²) in [7, 11) is -4.66. The molecule has 11 nitrogen and oxygen atoms in total. The van der Waals surface area contributed by atoms with Crippen molar-refractivity contribution in [2.45, 2.75) is 219 Å². The molecule has 12 heteroatoms. The number of aliphatic hydroxyl groups is 3. The van der Waals surface area contributed by atoms with Crippen LogP contribution in [0.5, 0.6) is 0 Å². The lowest BCUT2D eigenvalue weighted by atomic mass is 9.99. The maximum atomic E-state index is 12.6. The van der Waals surface area contributed by atoms with Gasteiger partial charge in [0.15, 0.2) is 6.10 Å². The maximum absolute atomic E-state index is 12.6. The smallest absolute Gasteiger partial charge is 0.462 e. The van der Waals surface area contributed by atoms with E-state index in [-0.39, 0.29) is 12.8 Å². The molecule has 0 bridgehead atoms. The van der Waals surface area contributed by atoms with Gasteiger partial charge >= 0.3 is 19.8 Å². The van der Waals surface area contributed by atoms with Crippen LogP contribution in [0.1, 0.15) is 201 Å². The fraction of sp³-hybridized carbons (Fsp3) is 0.830. The Morgan fingerprint density at radius 3 is 1.80 bits per heavy atom. The first-order valence-electron chi connectivity index (χ1n) is 23.4. The first-order valence-corrected chi connectivity index (χ1v) is 24.9. The molecule has 0 aromatic carbocycles. The van der Waals surface area contributed by atoms with Gasteiger partial charge < -0.3 is 29.7 Å². The number of hydrogen-bond donors (Lipinski definition) is 4. The van der Waals surface area contributed by atoms with Gasteiger partial charge in [-0.3, -0.25) is 18.6 Å². The molecule has 0 fully saturated rings. The van der Waals surface area contributed by atoms with Crippen LogP contribution in [0.25, 0.3) is 0 Å². The number of phosphoric ester groups is 1. The van der Waals surface area contributed by atoms with E-state index >= 15 is 0 Å². The Bertz CT molecular complexity index is 1110. The Hall–Kier alpha value is -1.85. The van der Waals surface area contributed by atoms with Crippen LogP contribution in [-0.2, 0) is 32.7 Å². The zero-order valence-corrected chi connectivity index (χ0v) is 38.4. The summed E-state index contributed by atoms with van der Waals surface area (Å²) in [5.74, 6) is -0.252. The lowest BCUT2D eigenvalue weighted by Crippen LogP contribution is -2.30. The molecular formula is C47H87O11P. The first kappa shape index (κ1) is 57.1. The van der Waals surface area contributed by atoms with Crippen molar-refractivity contribution in [3.8, 4) is 0 Å². The molecule has 0 aliphatic carbocycles. The SMILES string of the molecule is CCCCCCCC/C=C/C/C=C/C=C/C(O)CCCC(=O)OC[C@H](COP(=O)(O)OC[C@@H](O)CO)OC(=O)CCCCCCCCCCCCCCCCC(C)CC. The van der Waals surface area contributed by atoms with Crippen LogP contribution in [0.3, 0.4) is 0 Å². The molecule has 0 amide bonds. The van der Waals surface area contributed by atoms with E-state index < -0.39 is 64.5 Å². The van der Waals surface area contributed by atoms with E-state index in [2.05, 4.69) is 37.4 Å². The van der Waals surface area contributed by atoms with Crippen LogP contribution in [0, 0.1) is 5.92 Å². The zero-order chi connectivity index (χ0) is 43.7. The minimum atomic E-state index is -4.66. The zero-order valence-electron chi connectivity index (χ0n) is 37.5. The van der Waals surface area contributed by atoms with Crippen LogP contribution in [0.15, 0.2) is 36.5 Å². The van der Waals surface area contributed by atoms with Gasteiger partial charge in [0.05, 0.1) is 25.9 Å². The summed E-state index contributed by atoms with van der Waals surface area (Å²) in [5, 5.41) is 28.6. The highest BCUT2D eigenvalue weighted by atomic mass is 31.2. The lowest BCUT2D eigenvalue weighted by molar-refractivity contribution is -0.161. The Morgan fingerprint density at radius 2 is 1.19 bits per heavy atom. The average molecular weight is 859 g/mol. The average Bonchev–Trinajstić information content (AvgIpc) is 3.22. The Kier molecular flexibility index (Phi) is 40.2. The predicted octanol–water partition coefficient (Wildman–Crippen LogP) is 11.6. The molecular weight excluding hydrogens is 771 g/mol. The molecule has 0 aliphatic heterocycles. The second-order valence-corrected chi connectivity index (χ2v) is 17.7. The number of unbranched alkanes of at least 4 members (excludes halogenated alkanes) is 19. The number of aliphatic hydroxyl groups excluding tert-OH is 3. The number of carbonyl (C=O) groups is 2. The molecule has 3 unspecified atom stereocenters. The lowest BCUT2D eigenvalue weighted by Gasteiger charge is -2.20. The fourth-order valence-corrected chi connectivity index (χ4v) is 7.18. The van der Waals surface area contributed by atoms with E-state index in [0.29, 0.717) is 19.3 Å². The van der Waals surface area contributed by atoms with Gasteiger partial charge in [0.2, 0.25) is 0 Å². The second kappa shape index (κ2) is 41.5. The van der Waals surface area contributed by atoms with Gasteiger partial charge in [-0.2, -0.15) is 0 Å². The van der Waals surface area contributed by atoms with Gasteiger partial charge in [-0.25, -0.2) is 4.57 Å². The minimum absolute atomic E-state index is 0.0189. The number of allylic oxidation sites excluding steroid dienone is 5. The first-order chi connectivity index (χ1) is 28.5. The molecule has 59 heavy (non-hydrogen) atoms. The highest BCUT2D eigenvalue weighted by Gasteiger charge is 2.27. The van der Waals surface area contributed by atoms with Crippen molar-refractivity contribution < 1.29 is 52.9 Å². The van der Waals surface area contributed by atoms with Crippen molar-refractivity contribution in [1.82, 2.24) is 0 Å². The van der Waals surface area contributed by atoms with Crippen LogP contribution >= 0.6 is 7.82 Å². The van der Waals surface area contributed by atoms with E-state index in [1.165, 1.54) is 116 Å². The molecule has 0 radical (unpaired) electrons. The predicted molar refractivity (Wildman–Crippen MR) is 239 cm³/mol. The van der Waals surface area contributed by atoms with Crippen molar-refractivity contribution in [2.75, 3.05) is 26.4 Å². The molecule has 0 aromatic heterocycles. The summed E-state index contributed by atoms with van der Waals surface area (Å²) in [6.07, 6.45) is 38.5. The van der Waals surface area contributed by atoms with Crippen molar-refractivity contribution >= 4 is 19.8 Å². The number of ether oxygens (including phenoxy) is 2. The molecule has 0 spiro atoms. The summed E-state index contributed by atoms with van der Waals surface area (Å²) in [5.41, 5.74) is 0. The molecule has 0 rings (SSSR count). The normalized spacial score (nSPS) is 15.2. The standard InChI is InChI=1S/C47H87O11P/c1-4-6-7-8-9-10-11-14-18-21-24-27-30-34-43(49)35-32-37-46(51)55-40-45(41-57-59(53,54)56-39-44(50)38-48)58-47(52)36-31-28-25-22-19-16-13-12-15-17-20-23-26-29-33-42(3)5-2/h14,18,24,27,30,34,42-45,48-50H,4-13,15-17,19-23,25-26,28-29,31-33,35-41H2,1-3H3,(H,53,54)/b18-14+,27-24+,34-30+/t42?,43?,44-,45+/m0/s1. The molecule has 0 saturated heterocycles. The molecule has 4 N–H and O–H groups in total. The summed E-state index contributed by atoms with van der Waals surface area (Å²) in [6.45, 7) is 4.54. The van der Waals surface area contributed by atoms with Gasteiger partial charge in [0.1, 0.15) is 12.7 Å². The quantitative estimate of drug-likeness (QED) is 0.0151. The molecule has 0 aromatic rings. The van der Waals surface area contributed by atoms with E-state index in [9.17, 15) is 29.3 Å². The number of esters is 2. The number of hydrogen-bond acceptors (Lipinski definition) is 10. The Morgan fingerprint density at radius 1 is 0.627 bits per heavy atom. The molecule has 0 aliphatic rings. The van der Waals surface area contributed by atoms with Crippen LogP contribution < -0.4 is 0 Å². The highest BCUT2D eigenvalue weighted by molar-refractivity contribution is 7.47. The van der Waals surface area contributed by atoms with Crippen molar-refractivity contribution in [1.29, 1.82) is 0 Å². The molecule has 0 saturated carbocycles. The number of phosphoric acid groups is 1. The Labute approximate surface area is 359 Å². The summed E-state index contributed by atoms with van der Waals surface area (Å²) >= 11 is 0. The van der Waals surface area contributed by atoms with Crippen LogP contribution in [0.4, 0.5) is 0 Å².